The van der Waals surface area contributed by atoms with Crippen LogP contribution in [0.4, 0.5) is 11.4 Å². The molecule has 0 unspecified atom stereocenters. The molecule has 3 heteroatoms. The van der Waals surface area contributed by atoms with E-state index in [1.54, 1.807) is 6.20 Å². The molecule has 1 heterocycles. The molecule has 1 fully saturated rings. The van der Waals surface area contributed by atoms with E-state index in [9.17, 15) is 0 Å². The number of fused-ring (bicyclic) bond motifs is 1. The molecule has 2 aromatic rings. The number of hydrogen-bond acceptors (Lipinski definition) is 3. The fourth-order valence-electron chi connectivity index (χ4n) is 2.77. The van der Waals surface area contributed by atoms with Crippen LogP contribution in [0.25, 0.3) is 10.9 Å². The molecule has 18 heavy (non-hydrogen) atoms. The zero-order valence-electron chi connectivity index (χ0n) is 10.5. The van der Waals surface area contributed by atoms with E-state index in [-0.39, 0.29) is 0 Å². The van der Waals surface area contributed by atoms with Gasteiger partial charge in [-0.15, -0.1) is 0 Å². The second-order valence-electron chi connectivity index (χ2n) is 5.08. The molecule has 0 saturated heterocycles. The van der Waals surface area contributed by atoms with Gasteiger partial charge in [-0.3, -0.25) is 4.98 Å². The van der Waals surface area contributed by atoms with Gasteiger partial charge >= 0.3 is 0 Å². The van der Waals surface area contributed by atoms with Gasteiger partial charge in [-0.2, -0.15) is 0 Å². The summed E-state index contributed by atoms with van der Waals surface area (Å²) in [7, 11) is 0. The standard InChI is InChI=1S/C15H19N3/c16-13-10-17-14-9-5-4-8-12(14)15(13)18-11-6-2-1-3-7-11/h4-5,8-11H,1-3,6-7,16H2,(H,17,18). The average molecular weight is 241 g/mol. The van der Waals surface area contributed by atoms with Crippen molar-refractivity contribution >= 4 is 22.3 Å². The molecular formula is C15H19N3. The fourth-order valence-corrected chi connectivity index (χ4v) is 2.77. The zero-order chi connectivity index (χ0) is 12.4. The van der Waals surface area contributed by atoms with Gasteiger partial charge in [0.2, 0.25) is 0 Å². The van der Waals surface area contributed by atoms with Gasteiger partial charge in [-0.25, -0.2) is 0 Å². The lowest BCUT2D eigenvalue weighted by Crippen LogP contribution is -2.23. The van der Waals surface area contributed by atoms with Gasteiger partial charge in [-0.1, -0.05) is 37.5 Å². The van der Waals surface area contributed by atoms with Crippen LogP contribution in [0.3, 0.4) is 0 Å². The van der Waals surface area contributed by atoms with Crippen LogP contribution in [0.15, 0.2) is 30.5 Å². The summed E-state index contributed by atoms with van der Waals surface area (Å²) in [5.74, 6) is 0. The maximum absolute atomic E-state index is 6.08. The number of nitrogen functional groups attached to an aromatic ring is 1. The van der Waals surface area contributed by atoms with Gasteiger partial charge in [0.1, 0.15) is 0 Å². The molecular weight excluding hydrogens is 222 g/mol. The molecule has 0 spiro atoms. The number of pyridine rings is 1. The molecule has 3 nitrogen and oxygen atoms in total. The maximum Gasteiger partial charge on any atom is 0.0743 e. The minimum atomic E-state index is 0.562. The largest absolute Gasteiger partial charge is 0.396 e. The third kappa shape index (κ3) is 2.13. The van der Waals surface area contributed by atoms with E-state index in [2.05, 4.69) is 16.4 Å². The molecule has 0 bridgehead atoms. The van der Waals surface area contributed by atoms with E-state index in [4.69, 9.17) is 5.73 Å². The van der Waals surface area contributed by atoms with Crippen LogP contribution in [0.2, 0.25) is 0 Å². The number of aromatic nitrogens is 1. The van der Waals surface area contributed by atoms with E-state index >= 15 is 0 Å². The molecule has 1 aromatic heterocycles. The Kier molecular flexibility index (Phi) is 3.05. The lowest BCUT2D eigenvalue weighted by molar-refractivity contribution is 0.463. The van der Waals surface area contributed by atoms with Crippen molar-refractivity contribution in [2.24, 2.45) is 0 Å². The predicted octanol–water partition coefficient (Wildman–Crippen LogP) is 3.56. The van der Waals surface area contributed by atoms with Crippen LogP contribution >= 0.6 is 0 Å². The first-order valence-corrected chi connectivity index (χ1v) is 6.74. The van der Waals surface area contributed by atoms with Crippen LogP contribution in [-0.4, -0.2) is 11.0 Å². The first kappa shape index (κ1) is 11.3. The third-order valence-electron chi connectivity index (χ3n) is 3.76. The molecule has 0 amide bonds. The highest BCUT2D eigenvalue weighted by Crippen LogP contribution is 2.30. The number of anilines is 2. The Balaban J connectivity index is 1.96. The number of nitrogens with two attached hydrogens (primary N) is 1. The van der Waals surface area contributed by atoms with Gasteiger partial charge in [0.15, 0.2) is 0 Å². The van der Waals surface area contributed by atoms with E-state index in [1.165, 1.54) is 32.1 Å². The van der Waals surface area contributed by atoms with Gasteiger partial charge in [0, 0.05) is 11.4 Å². The average Bonchev–Trinajstić information content (AvgIpc) is 2.43. The maximum atomic E-state index is 6.08. The molecule has 1 aromatic carbocycles. The molecule has 0 radical (unpaired) electrons. The summed E-state index contributed by atoms with van der Waals surface area (Å²) < 4.78 is 0. The fraction of sp³-hybridized carbons (Fsp3) is 0.400. The van der Waals surface area contributed by atoms with Crippen molar-refractivity contribution in [1.82, 2.24) is 4.98 Å². The van der Waals surface area contributed by atoms with Crippen LogP contribution in [-0.2, 0) is 0 Å². The third-order valence-corrected chi connectivity index (χ3v) is 3.76. The minimum absolute atomic E-state index is 0.562. The molecule has 94 valence electrons. The monoisotopic (exact) mass is 241 g/mol. The number of hydrogen-bond donors (Lipinski definition) is 2. The zero-order valence-corrected chi connectivity index (χ0v) is 10.5. The summed E-state index contributed by atoms with van der Waals surface area (Å²) in [4.78, 5) is 4.37. The van der Waals surface area contributed by atoms with Crippen molar-refractivity contribution in [2.45, 2.75) is 38.1 Å². The Morgan fingerprint density at radius 1 is 1.11 bits per heavy atom. The lowest BCUT2D eigenvalue weighted by Gasteiger charge is -2.25. The summed E-state index contributed by atoms with van der Waals surface area (Å²) in [6, 6.07) is 8.72. The SMILES string of the molecule is Nc1cnc2ccccc2c1NC1CCCCC1. The molecule has 1 aliphatic rings. The summed E-state index contributed by atoms with van der Waals surface area (Å²) in [6.07, 6.45) is 8.26. The van der Waals surface area contributed by atoms with Gasteiger partial charge in [0.05, 0.1) is 23.1 Å². The lowest BCUT2D eigenvalue weighted by atomic mass is 9.95. The minimum Gasteiger partial charge on any atom is -0.396 e. The number of benzene rings is 1. The molecule has 0 aliphatic heterocycles. The van der Waals surface area contributed by atoms with E-state index in [0.717, 1.165) is 22.3 Å². The Labute approximate surface area is 107 Å². The molecule has 1 aliphatic carbocycles. The Bertz CT molecular complexity index is 544. The normalized spacial score (nSPS) is 16.9. The van der Waals surface area contributed by atoms with Crippen molar-refractivity contribution in [3.8, 4) is 0 Å². The highest BCUT2D eigenvalue weighted by atomic mass is 14.9. The summed E-state index contributed by atoms with van der Waals surface area (Å²) >= 11 is 0. The summed E-state index contributed by atoms with van der Waals surface area (Å²) in [6.45, 7) is 0. The van der Waals surface area contributed by atoms with Crippen LogP contribution in [0, 0.1) is 0 Å². The Morgan fingerprint density at radius 3 is 2.72 bits per heavy atom. The number of nitrogens with one attached hydrogen (secondary N) is 1. The van der Waals surface area contributed by atoms with Crippen LogP contribution in [0.1, 0.15) is 32.1 Å². The number of para-hydroxylation sites is 1. The van der Waals surface area contributed by atoms with E-state index < -0.39 is 0 Å². The van der Waals surface area contributed by atoms with E-state index in [0.29, 0.717) is 6.04 Å². The molecule has 3 N–H and O–H groups in total. The highest BCUT2D eigenvalue weighted by molar-refractivity contribution is 5.96. The van der Waals surface area contributed by atoms with Crippen molar-refractivity contribution in [2.75, 3.05) is 11.1 Å². The Hall–Kier alpha value is -1.77. The van der Waals surface area contributed by atoms with Crippen molar-refractivity contribution in [3.63, 3.8) is 0 Å². The molecule has 3 rings (SSSR count). The van der Waals surface area contributed by atoms with Crippen molar-refractivity contribution < 1.29 is 0 Å². The number of rotatable bonds is 2. The van der Waals surface area contributed by atoms with Gasteiger partial charge < -0.3 is 11.1 Å². The van der Waals surface area contributed by atoms with E-state index in [1.807, 2.05) is 18.2 Å². The van der Waals surface area contributed by atoms with Gasteiger partial charge in [-0.05, 0) is 18.9 Å². The summed E-state index contributed by atoms with van der Waals surface area (Å²) in [5, 5.41) is 4.75. The first-order chi connectivity index (χ1) is 8.84. The smallest absolute Gasteiger partial charge is 0.0743 e. The highest BCUT2D eigenvalue weighted by Gasteiger charge is 2.15. The summed E-state index contributed by atoms with van der Waals surface area (Å²) in [5.41, 5.74) is 8.90. The second-order valence-corrected chi connectivity index (χ2v) is 5.08. The first-order valence-electron chi connectivity index (χ1n) is 6.74. The quantitative estimate of drug-likeness (QED) is 0.845. The predicted molar refractivity (Wildman–Crippen MR) is 76.7 cm³/mol. The Morgan fingerprint density at radius 2 is 1.89 bits per heavy atom. The number of nitrogens with zero attached hydrogens (tertiary/aromatic N) is 1. The van der Waals surface area contributed by atoms with Crippen molar-refractivity contribution in [3.05, 3.63) is 30.5 Å². The van der Waals surface area contributed by atoms with Crippen LogP contribution < -0.4 is 11.1 Å². The molecule has 0 atom stereocenters. The van der Waals surface area contributed by atoms with Gasteiger partial charge in [0.25, 0.3) is 0 Å². The second kappa shape index (κ2) is 4.84. The topological polar surface area (TPSA) is 50.9 Å². The molecule has 1 saturated carbocycles. The van der Waals surface area contributed by atoms with Crippen LogP contribution in [0.5, 0.6) is 0 Å². The van der Waals surface area contributed by atoms with Crippen molar-refractivity contribution in [1.29, 1.82) is 0 Å².